The van der Waals surface area contributed by atoms with Gasteiger partial charge in [-0.25, -0.2) is 0 Å². The largest absolute Gasteiger partial charge is 0.484 e. The van der Waals surface area contributed by atoms with E-state index in [9.17, 15) is 9.59 Å². The maximum atomic E-state index is 12.3. The Kier molecular flexibility index (Phi) is 5.84. The Hall–Kier alpha value is -3.60. The predicted molar refractivity (Wildman–Crippen MR) is 107 cm³/mol. The van der Waals surface area contributed by atoms with E-state index in [0.29, 0.717) is 11.4 Å². The summed E-state index contributed by atoms with van der Waals surface area (Å²) >= 11 is 0. The second-order valence-electron chi connectivity index (χ2n) is 5.95. The number of nitrogens with one attached hydrogen (secondary N) is 2. The molecule has 0 saturated heterocycles. The second kappa shape index (κ2) is 8.67. The van der Waals surface area contributed by atoms with E-state index in [1.54, 1.807) is 24.3 Å². The van der Waals surface area contributed by atoms with E-state index in [4.69, 9.17) is 4.74 Å². The van der Waals surface area contributed by atoms with Crippen LogP contribution in [0.1, 0.15) is 6.92 Å². The molecule has 2 N–H and O–H groups in total. The van der Waals surface area contributed by atoms with Gasteiger partial charge in [-0.2, -0.15) is 0 Å². The van der Waals surface area contributed by atoms with Gasteiger partial charge in [-0.05, 0) is 35.9 Å². The van der Waals surface area contributed by atoms with E-state index >= 15 is 0 Å². The summed E-state index contributed by atoms with van der Waals surface area (Å²) in [7, 11) is 0. The van der Waals surface area contributed by atoms with Gasteiger partial charge in [0.05, 0.1) is 0 Å². The van der Waals surface area contributed by atoms with Gasteiger partial charge in [0, 0.05) is 23.9 Å². The zero-order chi connectivity index (χ0) is 19.1. The first-order valence-electron chi connectivity index (χ1n) is 8.56. The van der Waals surface area contributed by atoms with Gasteiger partial charge in [-0.1, -0.05) is 48.5 Å². The second-order valence-corrected chi connectivity index (χ2v) is 5.95. The van der Waals surface area contributed by atoms with E-state index in [1.807, 2.05) is 54.6 Å². The minimum atomic E-state index is -0.246. The molecule has 0 aromatic heterocycles. The molecule has 5 nitrogen and oxygen atoms in total. The molecule has 0 aliphatic rings. The Balaban J connectivity index is 1.61. The Bertz CT molecular complexity index is 922. The van der Waals surface area contributed by atoms with Crippen LogP contribution in [0.25, 0.3) is 11.1 Å². The Morgan fingerprint density at radius 2 is 1.48 bits per heavy atom. The molecule has 0 unspecified atom stereocenters. The molecule has 136 valence electrons. The van der Waals surface area contributed by atoms with E-state index in [-0.39, 0.29) is 18.4 Å². The number of anilines is 2. The summed E-state index contributed by atoms with van der Waals surface area (Å²) in [6, 6.07) is 24.4. The number of ether oxygens (including phenoxy) is 1. The van der Waals surface area contributed by atoms with Gasteiger partial charge in [0.25, 0.3) is 5.91 Å². The number of hydrogen-bond acceptors (Lipinski definition) is 3. The van der Waals surface area contributed by atoms with Crippen LogP contribution in [0.3, 0.4) is 0 Å². The van der Waals surface area contributed by atoms with Crippen molar-refractivity contribution in [2.45, 2.75) is 6.92 Å². The molecule has 0 aliphatic carbocycles. The fraction of sp³-hybridized carbons (Fsp3) is 0.0909. The highest BCUT2D eigenvalue weighted by Gasteiger charge is 2.09. The fourth-order valence-corrected chi connectivity index (χ4v) is 2.63. The summed E-state index contributed by atoms with van der Waals surface area (Å²) in [6.07, 6.45) is 0. The van der Waals surface area contributed by atoms with Crippen molar-refractivity contribution in [3.63, 3.8) is 0 Å². The highest BCUT2D eigenvalue weighted by Crippen LogP contribution is 2.27. The average Bonchev–Trinajstić information content (AvgIpc) is 2.68. The first kappa shape index (κ1) is 18.2. The van der Waals surface area contributed by atoms with Gasteiger partial charge in [0.2, 0.25) is 5.91 Å². The Morgan fingerprint density at radius 1 is 0.815 bits per heavy atom. The number of hydrogen-bond donors (Lipinski definition) is 2. The smallest absolute Gasteiger partial charge is 0.262 e. The van der Waals surface area contributed by atoms with Gasteiger partial charge >= 0.3 is 0 Å². The molecule has 0 saturated carbocycles. The maximum absolute atomic E-state index is 12.3. The molecule has 2 amide bonds. The minimum Gasteiger partial charge on any atom is -0.484 e. The van der Waals surface area contributed by atoms with Gasteiger partial charge in [0.15, 0.2) is 6.61 Å². The fourth-order valence-electron chi connectivity index (χ4n) is 2.63. The van der Waals surface area contributed by atoms with Crippen LogP contribution >= 0.6 is 0 Å². The van der Waals surface area contributed by atoms with Crippen molar-refractivity contribution in [3.8, 4) is 16.9 Å². The zero-order valence-electron chi connectivity index (χ0n) is 14.9. The lowest BCUT2D eigenvalue weighted by Crippen LogP contribution is -2.20. The molecule has 3 aromatic rings. The van der Waals surface area contributed by atoms with Crippen LogP contribution in [-0.4, -0.2) is 18.4 Å². The van der Waals surface area contributed by atoms with Crippen LogP contribution < -0.4 is 15.4 Å². The summed E-state index contributed by atoms with van der Waals surface area (Å²) in [5, 5.41) is 5.57. The van der Waals surface area contributed by atoms with Crippen LogP contribution in [0.15, 0.2) is 78.9 Å². The maximum Gasteiger partial charge on any atom is 0.262 e. The third-order valence-corrected chi connectivity index (χ3v) is 3.83. The average molecular weight is 360 g/mol. The topological polar surface area (TPSA) is 67.4 Å². The van der Waals surface area contributed by atoms with Crippen molar-refractivity contribution in [1.82, 2.24) is 0 Å². The lowest BCUT2D eigenvalue weighted by Gasteiger charge is -2.12. The van der Waals surface area contributed by atoms with Gasteiger partial charge in [-0.15, -0.1) is 0 Å². The van der Waals surface area contributed by atoms with Crippen LogP contribution in [0, 0.1) is 0 Å². The van der Waals surface area contributed by atoms with Crippen molar-refractivity contribution in [2.24, 2.45) is 0 Å². The first-order valence-corrected chi connectivity index (χ1v) is 8.56. The highest BCUT2D eigenvalue weighted by atomic mass is 16.5. The van der Waals surface area contributed by atoms with E-state index in [1.165, 1.54) is 6.92 Å². The number of rotatable bonds is 6. The van der Waals surface area contributed by atoms with Crippen molar-refractivity contribution in [3.05, 3.63) is 78.9 Å². The van der Waals surface area contributed by atoms with Gasteiger partial charge in [-0.3, -0.25) is 9.59 Å². The van der Waals surface area contributed by atoms with Crippen LogP contribution in [0.5, 0.6) is 5.75 Å². The van der Waals surface area contributed by atoms with E-state index < -0.39 is 0 Å². The molecule has 0 aliphatic heterocycles. The molecule has 3 aromatic carbocycles. The lowest BCUT2D eigenvalue weighted by atomic mass is 10.0. The number of carbonyl (C=O) groups excluding carboxylic acids is 2. The molecule has 0 heterocycles. The molecular formula is C22H20N2O3. The molecule has 0 spiro atoms. The van der Waals surface area contributed by atoms with Crippen LogP contribution in [-0.2, 0) is 9.59 Å². The normalized spacial score (nSPS) is 10.1. The number of benzene rings is 3. The SMILES string of the molecule is CC(=O)Nc1ccc(OCC(=O)Nc2ccccc2-c2ccccc2)cc1. The van der Waals surface area contributed by atoms with Crippen molar-refractivity contribution in [2.75, 3.05) is 17.2 Å². The summed E-state index contributed by atoms with van der Waals surface area (Å²) in [6.45, 7) is 1.34. The quantitative estimate of drug-likeness (QED) is 0.687. The highest BCUT2D eigenvalue weighted by molar-refractivity contribution is 5.96. The third kappa shape index (κ3) is 5.19. The number of amides is 2. The minimum absolute atomic E-state index is 0.109. The molecular weight excluding hydrogens is 340 g/mol. The zero-order valence-corrected chi connectivity index (χ0v) is 14.9. The predicted octanol–water partition coefficient (Wildman–Crippen LogP) is 4.33. The van der Waals surface area contributed by atoms with Crippen LogP contribution in [0.2, 0.25) is 0 Å². The summed E-state index contributed by atoms with van der Waals surface area (Å²) < 4.78 is 5.52. The molecule has 0 radical (unpaired) electrons. The van der Waals surface area contributed by atoms with Crippen molar-refractivity contribution in [1.29, 1.82) is 0 Å². The Morgan fingerprint density at radius 3 is 2.19 bits per heavy atom. The van der Waals surface area contributed by atoms with Crippen molar-refractivity contribution >= 4 is 23.2 Å². The summed E-state index contributed by atoms with van der Waals surface area (Å²) in [5.74, 6) is 0.167. The summed E-state index contributed by atoms with van der Waals surface area (Å²) in [4.78, 5) is 23.3. The lowest BCUT2D eigenvalue weighted by molar-refractivity contribution is -0.118. The molecule has 0 atom stereocenters. The molecule has 0 fully saturated rings. The molecule has 5 heteroatoms. The molecule has 27 heavy (non-hydrogen) atoms. The van der Waals surface area contributed by atoms with E-state index in [0.717, 1.165) is 16.8 Å². The van der Waals surface area contributed by atoms with Gasteiger partial charge < -0.3 is 15.4 Å². The molecule has 3 rings (SSSR count). The monoisotopic (exact) mass is 360 g/mol. The summed E-state index contributed by atoms with van der Waals surface area (Å²) in [5.41, 5.74) is 3.39. The number of carbonyl (C=O) groups is 2. The first-order chi connectivity index (χ1) is 13.1. The van der Waals surface area contributed by atoms with E-state index in [2.05, 4.69) is 10.6 Å². The van der Waals surface area contributed by atoms with Crippen LogP contribution in [0.4, 0.5) is 11.4 Å². The number of para-hydroxylation sites is 1. The third-order valence-electron chi connectivity index (χ3n) is 3.83. The Labute approximate surface area is 158 Å². The molecule has 0 bridgehead atoms. The van der Waals surface area contributed by atoms with Gasteiger partial charge in [0.1, 0.15) is 5.75 Å². The van der Waals surface area contributed by atoms with Crippen molar-refractivity contribution < 1.29 is 14.3 Å². The standard InChI is InChI=1S/C22H20N2O3/c1-16(25)23-18-11-13-19(14-12-18)27-15-22(26)24-21-10-6-5-9-20(21)17-7-3-2-4-8-17/h2-14H,15H2,1H3,(H,23,25)(H,24,26).